The molecular formula is C10H13BrClFN2O2S. The van der Waals surface area contributed by atoms with E-state index in [4.69, 9.17) is 11.6 Å². The molecule has 0 aromatic heterocycles. The summed E-state index contributed by atoms with van der Waals surface area (Å²) in [5.74, 6) is -0.549. The molecule has 0 saturated carbocycles. The Labute approximate surface area is 119 Å². The number of hydrogen-bond donors (Lipinski definition) is 1. The van der Waals surface area contributed by atoms with Crippen LogP contribution in [0.3, 0.4) is 0 Å². The minimum Gasteiger partial charge on any atom is -0.268 e. The third-order valence-electron chi connectivity index (χ3n) is 2.34. The van der Waals surface area contributed by atoms with E-state index in [1.54, 1.807) is 13.8 Å². The first-order valence-corrected chi connectivity index (χ1v) is 7.66. The number of halogens is 3. The topological polar surface area (TPSA) is 49.4 Å². The molecule has 18 heavy (non-hydrogen) atoms. The molecule has 0 aliphatic carbocycles. The SMILES string of the molecule is CC(C)N(C)S(=O)(=O)Nc1c(Cl)cc(F)cc1Br. The fraction of sp³-hybridized carbons (Fsp3) is 0.400. The highest BCUT2D eigenvalue weighted by molar-refractivity contribution is 9.10. The maximum Gasteiger partial charge on any atom is 0.301 e. The van der Waals surface area contributed by atoms with Gasteiger partial charge in [-0.05, 0) is 41.9 Å². The van der Waals surface area contributed by atoms with E-state index < -0.39 is 16.0 Å². The molecule has 8 heteroatoms. The van der Waals surface area contributed by atoms with Crippen molar-refractivity contribution in [3.8, 4) is 0 Å². The Balaban J connectivity index is 3.13. The van der Waals surface area contributed by atoms with Gasteiger partial charge in [-0.15, -0.1) is 0 Å². The molecule has 0 heterocycles. The molecule has 102 valence electrons. The van der Waals surface area contributed by atoms with E-state index in [2.05, 4.69) is 20.7 Å². The molecule has 0 unspecified atom stereocenters. The number of rotatable bonds is 4. The molecule has 0 aliphatic heterocycles. The van der Waals surface area contributed by atoms with Crippen LogP contribution in [0.5, 0.6) is 0 Å². The lowest BCUT2D eigenvalue weighted by molar-refractivity contribution is 0.414. The summed E-state index contributed by atoms with van der Waals surface area (Å²) in [6.45, 7) is 3.47. The predicted octanol–water partition coefficient (Wildman–Crippen LogP) is 3.24. The van der Waals surface area contributed by atoms with Crippen LogP contribution < -0.4 is 4.72 Å². The van der Waals surface area contributed by atoms with E-state index in [0.29, 0.717) is 0 Å². The molecule has 0 bridgehead atoms. The lowest BCUT2D eigenvalue weighted by Gasteiger charge is -2.22. The molecule has 0 fully saturated rings. The van der Waals surface area contributed by atoms with Gasteiger partial charge in [-0.3, -0.25) is 4.72 Å². The van der Waals surface area contributed by atoms with Gasteiger partial charge in [0.2, 0.25) is 0 Å². The Bertz CT molecular complexity index is 528. The average Bonchev–Trinajstić information content (AvgIpc) is 2.22. The molecule has 1 aromatic carbocycles. The van der Waals surface area contributed by atoms with Crippen molar-refractivity contribution in [1.29, 1.82) is 0 Å². The number of anilines is 1. The standard InChI is InChI=1S/C10H13BrClFN2O2S/c1-6(2)15(3)18(16,17)14-10-8(11)4-7(13)5-9(10)12/h4-6,14H,1-3H3. The molecule has 0 aliphatic rings. The van der Waals surface area contributed by atoms with Crippen molar-refractivity contribution in [2.75, 3.05) is 11.8 Å². The Morgan fingerprint density at radius 1 is 1.44 bits per heavy atom. The minimum absolute atomic E-state index is 0.0115. The smallest absolute Gasteiger partial charge is 0.268 e. The van der Waals surface area contributed by atoms with Gasteiger partial charge in [-0.1, -0.05) is 11.6 Å². The van der Waals surface area contributed by atoms with E-state index in [0.717, 1.165) is 16.4 Å². The van der Waals surface area contributed by atoms with Crippen molar-refractivity contribution in [3.05, 3.63) is 27.4 Å². The Kier molecular flexibility index (Phi) is 4.99. The summed E-state index contributed by atoms with van der Waals surface area (Å²) in [6, 6.07) is 1.97. The maximum atomic E-state index is 13.0. The zero-order chi connectivity index (χ0) is 14.1. The van der Waals surface area contributed by atoms with Gasteiger partial charge < -0.3 is 0 Å². The van der Waals surface area contributed by atoms with Gasteiger partial charge in [-0.25, -0.2) is 4.39 Å². The summed E-state index contributed by atoms with van der Waals surface area (Å²) in [6.07, 6.45) is 0. The van der Waals surface area contributed by atoms with E-state index in [-0.39, 0.29) is 21.2 Å². The van der Waals surface area contributed by atoms with Crippen molar-refractivity contribution in [2.24, 2.45) is 0 Å². The zero-order valence-corrected chi connectivity index (χ0v) is 13.2. The van der Waals surface area contributed by atoms with Crippen LogP contribution in [0.1, 0.15) is 13.8 Å². The van der Waals surface area contributed by atoms with Crippen molar-refractivity contribution in [3.63, 3.8) is 0 Å². The molecule has 0 spiro atoms. The lowest BCUT2D eigenvalue weighted by atomic mass is 10.3. The van der Waals surface area contributed by atoms with E-state index in [9.17, 15) is 12.8 Å². The number of nitrogens with one attached hydrogen (secondary N) is 1. The monoisotopic (exact) mass is 358 g/mol. The number of benzene rings is 1. The molecule has 1 N–H and O–H groups in total. The Hall–Kier alpha value is -0.370. The van der Waals surface area contributed by atoms with Gasteiger partial charge in [0, 0.05) is 17.6 Å². The molecular weight excluding hydrogens is 347 g/mol. The fourth-order valence-corrected chi connectivity index (χ4v) is 3.38. The maximum absolute atomic E-state index is 13.0. The average molecular weight is 360 g/mol. The van der Waals surface area contributed by atoms with Gasteiger partial charge in [0.15, 0.2) is 0 Å². The first kappa shape index (κ1) is 15.7. The van der Waals surface area contributed by atoms with Crippen molar-refractivity contribution in [1.82, 2.24) is 4.31 Å². The van der Waals surface area contributed by atoms with Gasteiger partial charge in [-0.2, -0.15) is 12.7 Å². The van der Waals surface area contributed by atoms with Crippen LogP contribution in [0.15, 0.2) is 16.6 Å². The lowest BCUT2D eigenvalue weighted by Crippen LogP contribution is -2.37. The molecule has 0 atom stereocenters. The Morgan fingerprint density at radius 2 is 2.00 bits per heavy atom. The van der Waals surface area contributed by atoms with Crippen LogP contribution in [-0.4, -0.2) is 25.8 Å². The fourth-order valence-electron chi connectivity index (χ4n) is 1.12. The molecule has 4 nitrogen and oxygen atoms in total. The van der Waals surface area contributed by atoms with Crippen molar-refractivity contribution < 1.29 is 12.8 Å². The van der Waals surface area contributed by atoms with Crippen LogP contribution in [-0.2, 0) is 10.2 Å². The second-order valence-corrected chi connectivity index (χ2v) is 6.95. The van der Waals surface area contributed by atoms with E-state index >= 15 is 0 Å². The van der Waals surface area contributed by atoms with Crippen LogP contribution in [0.25, 0.3) is 0 Å². The quantitative estimate of drug-likeness (QED) is 0.897. The summed E-state index contributed by atoms with van der Waals surface area (Å²) in [5.41, 5.74) is 0.116. The highest BCUT2D eigenvalue weighted by atomic mass is 79.9. The third-order valence-corrected chi connectivity index (χ3v) is 4.91. The summed E-state index contributed by atoms with van der Waals surface area (Å²) < 4.78 is 40.7. The van der Waals surface area contributed by atoms with E-state index in [1.807, 2.05) is 0 Å². The normalized spacial score (nSPS) is 12.2. The number of nitrogens with zero attached hydrogens (tertiary/aromatic N) is 1. The van der Waals surface area contributed by atoms with Crippen LogP contribution >= 0.6 is 27.5 Å². The van der Waals surface area contributed by atoms with Crippen LogP contribution in [0.2, 0.25) is 5.02 Å². The first-order chi connectivity index (χ1) is 8.15. The van der Waals surface area contributed by atoms with Gasteiger partial charge in [0.1, 0.15) is 5.82 Å². The first-order valence-electron chi connectivity index (χ1n) is 5.05. The minimum atomic E-state index is -3.72. The Morgan fingerprint density at radius 3 is 2.44 bits per heavy atom. The second-order valence-electron chi connectivity index (χ2n) is 3.96. The van der Waals surface area contributed by atoms with Crippen LogP contribution in [0.4, 0.5) is 10.1 Å². The summed E-state index contributed by atoms with van der Waals surface area (Å²) in [5, 5.41) is -0.0115. The number of hydrogen-bond acceptors (Lipinski definition) is 2. The van der Waals surface area contributed by atoms with Crippen molar-refractivity contribution >= 4 is 43.4 Å². The second kappa shape index (κ2) is 5.73. The summed E-state index contributed by atoms with van der Waals surface area (Å²) in [7, 11) is -2.28. The highest BCUT2D eigenvalue weighted by Crippen LogP contribution is 2.32. The molecule has 0 amide bonds. The zero-order valence-electron chi connectivity index (χ0n) is 10.0. The van der Waals surface area contributed by atoms with Crippen LogP contribution in [0, 0.1) is 5.82 Å². The van der Waals surface area contributed by atoms with Gasteiger partial charge in [0.05, 0.1) is 10.7 Å². The largest absolute Gasteiger partial charge is 0.301 e. The van der Waals surface area contributed by atoms with Gasteiger partial charge in [0.25, 0.3) is 0 Å². The predicted molar refractivity (Wildman–Crippen MR) is 74.6 cm³/mol. The summed E-state index contributed by atoms with van der Waals surface area (Å²) >= 11 is 8.88. The van der Waals surface area contributed by atoms with E-state index in [1.165, 1.54) is 7.05 Å². The van der Waals surface area contributed by atoms with Crippen molar-refractivity contribution in [2.45, 2.75) is 19.9 Å². The molecule has 0 saturated heterocycles. The highest BCUT2D eigenvalue weighted by Gasteiger charge is 2.22. The molecule has 1 rings (SSSR count). The van der Waals surface area contributed by atoms with Gasteiger partial charge >= 0.3 is 10.2 Å². The molecule has 0 radical (unpaired) electrons. The summed E-state index contributed by atoms with van der Waals surface area (Å²) in [4.78, 5) is 0. The third kappa shape index (κ3) is 3.57. The molecule has 1 aromatic rings.